The van der Waals surface area contributed by atoms with Crippen LogP contribution in [0.15, 0.2) is 66.2 Å². The van der Waals surface area contributed by atoms with Gasteiger partial charge in [-0.25, -0.2) is 14.6 Å². The Morgan fingerprint density at radius 1 is 1.07 bits per heavy atom. The molecule has 1 aliphatic heterocycles. The molecule has 5 rings (SSSR count). The first-order valence-corrected chi connectivity index (χ1v) is 14.0. The number of aromatic nitrogens is 5. The summed E-state index contributed by atoms with van der Waals surface area (Å²) in [6.45, 7) is 5.91. The minimum absolute atomic E-state index is 0.156. The first-order valence-electron chi connectivity index (χ1n) is 14.0. The molecule has 232 valence electrons. The number of piperazine rings is 1. The molecule has 0 spiro atoms. The number of fused-ring (bicyclic) bond motifs is 1. The Bertz CT molecular complexity index is 1690. The van der Waals surface area contributed by atoms with E-state index in [1.165, 1.54) is 17.0 Å². The molecule has 1 amide bonds. The summed E-state index contributed by atoms with van der Waals surface area (Å²) >= 11 is 0. The van der Waals surface area contributed by atoms with Crippen molar-refractivity contribution in [3.8, 4) is 5.75 Å². The molecular formula is C30H32F3N7O4. The largest absolute Gasteiger partial charge is 0.499 e. The van der Waals surface area contributed by atoms with Crippen LogP contribution in [0, 0.1) is 6.92 Å². The smallest absolute Gasteiger partial charge is 0.419 e. The number of anilines is 1. The van der Waals surface area contributed by atoms with Crippen LogP contribution in [0.5, 0.6) is 5.75 Å². The highest BCUT2D eigenvalue weighted by molar-refractivity contribution is 5.87. The van der Waals surface area contributed by atoms with Gasteiger partial charge in [0.1, 0.15) is 12.4 Å². The third-order valence-corrected chi connectivity index (χ3v) is 7.48. The quantitative estimate of drug-likeness (QED) is 0.208. The fraction of sp³-hybridized carbons (Fsp3) is 0.367. The van der Waals surface area contributed by atoms with Crippen molar-refractivity contribution >= 4 is 22.8 Å². The van der Waals surface area contributed by atoms with Crippen molar-refractivity contribution in [3.05, 3.63) is 88.4 Å². The van der Waals surface area contributed by atoms with E-state index in [1.807, 2.05) is 48.9 Å². The molecule has 1 aromatic carbocycles. The molecule has 3 aromatic heterocycles. The lowest BCUT2D eigenvalue weighted by Crippen LogP contribution is -2.48. The van der Waals surface area contributed by atoms with Crippen molar-refractivity contribution in [3.63, 3.8) is 0 Å². The molecular weight excluding hydrogens is 579 g/mol. The number of hydrogen-bond donors (Lipinski definition) is 0. The summed E-state index contributed by atoms with van der Waals surface area (Å²) in [4.78, 5) is 36.9. The number of halogens is 3. The number of benzene rings is 1. The van der Waals surface area contributed by atoms with Crippen molar-refractivity contribution in [2.45, 2.75) is 32.6 Å². The van der Waals surface area contributed by atoms with Crippen molar-refractivity contribution in [1.82, 2.24) is 29.2 Å². The third kappa shape index (κ3) is 6.68. The topological polar surface area (TPSA) is 108 Å². The van der Waals surface area contributed by atoms with Gasteiger partial charge >= 0.3 is 6.18 Å². The van der Waals surface area contributed by atoms with Crippen LogP contribution in [0.1, 0.15) is 29.7 Å². The Balaban J connectivity index is 1.14. The van der Waals surface area contributed by atoms with Gasteiger partial charge in [0.25, 0.3) is 5.56 Å². The van der Waals surface area contributed by atoms with Crippen LogP contribution in [0.25, 0.3) is 10.9 Å². The second kappa shape index (κ2) is 12.8. The molecule has 4 aromatic rings. The molecule has 0 aliphatic carbocycles. The van der Waals surface area contributed by atoms with E-state index in [0.29, 0.717) is 43.6 Å². The normalized spacial score (nSPS) is 14.8. The Hall–Kier alpha value is -4.88. The van der Waals surface area contributed by atoms with Crippen LogP contribution in [-0.2, 0) is 22.3 Å². The zero-order chi connectivity index (χ0) is 31.4. The number of rotatable bonds is 9. The number of alkyl halides is 3. The fourth-order valence-electron chi connectivity index (χ4n) is 5.01. The summed E-state index contributed by atoms with van der Waals surface area (Å²) in [5.41, 5.74) is 1.36. The maximum atomic E-state index is 13.3. The van der Waals surface area contributed by atoms with E-state index in [2.05, 4.69) is 15.1 Å². The predicted octanol–water partition coefficient (Wildman–Crippen LogP) is 3.81. The first kappa shape index (κ1) is 30.6. The molecule has 0 radical (unpaired) electrons. The molecule has 1 atom stereocenters. The molecule has 4 heterocycles. The van der Waals surface area contributed by atoms with E-state index >= 15 is 0 Å². The second-order valence-electron chi connectivity index (χ2n) is 10.5. The maximum Gasteiger partial charge on any atom is 0.419 e. The molecule has 0 bridgehead atoms. The minimum Gasteiger partial charge on any atom is -0.499 e. The van der Waals surface area contributed by atoms with Gasteiger partial charge in [-0.15, -0.1) is 0 Å². The SMILES string of the molecule is COc1ccc(Cn2ncc3c(c(C)cn3C(C)CO/C=C/C(=O)N3CCN(c4ncc(C(F)(F)F)cn4)CC3)c2=O)cc1. The lowest BCUT2D eigenvalue weighted by Gasteiger charge is -2.34. The van der Waals surface area contributed by atoms with E-state index < -0.39 is 11.7 Å². The number of ether oxygens (including phenoxy) is 2. The summed E-state index contributed by atoms with van der Waals surface area (Å²) < 4.78 is 52.5. The van der Waals surface area contributed by atoms with Crippen LogP contribution in [0.4, 0.5) is 19.1 Å². The highest BCUT2D eigenvalue weighted by atomic mass is 19.4. The van der Waals surface area contributed by atoms with E-state index in [1.54, 1.807) is 23.1 Å². The van der Waals surface area contributed by atoms with Crippen LogP contribution < -0.4 is 15.2 Å². The van der Waals surface area contributed by atoms with Crippen LogP contribution in [0.3, 0.4) is 0 Å². The average molecular weight is 612 g/mol. The molecule has 44 heavy (non-hydrogen) atoms. The Kier molecular flexibility index (Phi) is 8.88. The molecule has 0 saturated carbocycles. The molecule has 1 unspecified atom stereocenters. The van der Waals surface area contributed by atoms with Gasteiger partial charge in [-0.3, -0.25) is 9.59 Å². The van der Waals surface area contributed by atoms with E-state index in [-0.39, 0.29) is 30.1 Å². The molecule has 0 N–H and O–H groups in total. The number of aryl methyl sites for hydroxylation is 1. The second-order valence-corrected chi connectivity index (χ2v) is 10.5. The summed E-state index contributed by atoms with van der Waals surface area (Å²) in [5.74, 6) is 0.688. The van der Waals surface area contributed by atoms with Crippen molar-refractivity contribution in [2.24, 2.45) is 0 Å². The van der Waals surface area contributed by atoms with Gasteiger partial charge in [0, 0.05) is 50.8 Å². The number of carbonyl (C=O) groups is 1. The lowest BCUT2D eigenvalue weighted by atomic mass is 10.2. The van der Waals surface area contributed by atoms with Crippen LogP contribution in [0.2, 0.25) is 0 Å². The summed E-state index contributed by atoms with van der Waals surface area (Å²) in [6, 6.07) is 7.31. The number of amides is 1. The zero-order valence-electron chi connectivity index (χ0n) is 24.5. The van der Waals surface area contributed by atoms with E-state index in [0.717, 1.165) is 29.3 Å². The summed E-state index contributed by atoms with van der Waals surface area (Å²) in [7, 11) is 1.60. The molecule has 1 aliphatic rings. The molecule has 1 saturated heterocycles. The Morgan fingerprint density at radius 2 is 1.75 bits per heavy atom. The number of carbonyl (C=O) groups excluding carboxylic acids is 1. The van der Waals surface area contributed by atoms with Crippen LogP contribution >= 0.6 is 0 Å². The van der Waals surface area contributed by atoms with E-state index in [4.69, 9.17) is 9.47 Å². The van der Waals surface area contributed by atoms with Gasteiger partial charge in [-0.05, 0) is 37.1 Å². The standard InChI is InChI=1S/C30H32F3N7O4/c1-20-17-39(25-16-36-40(28(42)27(20)25)18-22-4-6-24(43-3)7-5-22)21(2)19-44-13-8-26(41)37-9-11-38(12-10-37)29-34-14-23(15-35-29)30(31,32)33/h4-8,13-17,21H,9-12,18-19H2,1-3H3/b13-8+. The third-order valence-electron chi connectivity index (χ3n) is 7.48. The maximum absolute atomic E-state index is 13.3. The van der Waals surface area contributed by atoms with Gasteiger partial charge in [0.2, 0.25) is 11.9 Å². The molecule has 14 heteroatoms. The van der Waals surface area contributed by atoms with Crippen LogP contribution in [-0.4, -0.2) is 75.0 Å². The minimum atomic E-state index is -4.50. The highest BCUT2D eigenvalue weighted by Gasteiger charge is 2.32. The lowest BCUT2D eigenvalue weighted by molar-refractivity contribution is -0.138. The monoisotopic (exact) mass is 611 g/mol. The predicted molar refractivity (Wildman–Crippen MR) is 156 cm³/mol. The number of hydrogen-bond acceptors (Lipinski definition) is 8. The molecule has 1 fully saturated rings. The summed E-state index contributed by atoms with van der Waals surface area (Å²) in [6.07, 6.45) is 3.29. The number of methoxy groups -OCH3 is 1. The van der Waals surface area contributed by atoms with Crippen molar-refractivity contribution in [1.29, 1.82) is 0 Å². The van der Waals surface area contributed by atoms with Gasteiger partial charge in [0.15, 0.2) is 0 Å². The molecule has 11 nitrogen and oxygen atoms in total. The van der Waals surface area contributed by atoms with Crippen molar-refractivity contribution < 1.29 is 27.4 Å². The zero-order valence-corrected chi connectivity index (χ0v) is 24.5. The number of nitrogens with zero attached hydrogens (tertiary/aromatic N) is 7. The Labute approximate surface area is 251 Å². The highest BCUT2D eigenvalue weighted by Crippen LogP contribution is 2.28. The first-order chi connectivity index (χ1) is 21.0. The fourth-order valence-corrected chi connectivity index (χ4v) is 5.01. The Morgan fingerprint density at radius 3 is 2.39 bits per heavy atom. The van der Waals surface area contributed by atoms with Gasteiger partial charge in [-0.1, -0.05) is 12.1 Å². The summed E-state index contributed by atoms with van der Waals surface area (Å²) in [5, 5.41) is 4.99. The van der Waals surface area contributed by atoms with Gasteiger partial charge < -0.3 is 23.8 Å². The van der Waals surface area contributed by atoms with Gasteiger partial charge in [-0.2, -0.15) is 18.3 Å². The van der Waals surface area contributed by atoms with Gasteiger partial charge in [0.05, 0.1) is 48.6 Å². The van der Waals surface area contributed by atoms with E-state index in [9.17, 15) is 22.8 Å². The van der Waals surface area contributed by atoms with Crippen molar-refractivity contribution in [2.75, 3.05) is 44.8 Å². The average Bonchev–Trinajstić information content (AvgIpc) is 3.37.